The first-order valence-electron chi connectivity index (χ1n) is 16.3. The number of phosphoric acid groups is 1. The summed E-state index contributed by atoms with van der Waals surface area (Å²) in [6, 6.07) is 0. The lowest BCUT2D eigenvalue weighted by atomic mass is 10.1. The molecular formula is C31H64NO7P. The van der Waals surface area contributed by atoms with Gasteiger partial charge in [0.1, 0.15) is 19.3 Å². The first-order chi connectivity index (χ1) is 19.1. The van der Waals surface area contributed by atoms with Crippen molar-refractivity contribution in [3.8, 4) is 0 Å². The maximum absolute atomic E-state index is 12.4. The second-order valence-electron chi connectivity index (χ2n) is 12.2. The van der Waals surface area contributed by atoms with Crippen molar-refractivity contribution in [1.29, 1.82) is 0 Å². The molecule has 9 heteroatoms. The maximum atomic E-state index is 12.4. The van der Waals surface area contributed by atoms with Gasteiger partial charge in [0.05, 0.1) is 34.4 Å². The summed E-state index contributed by atoms with van der Waals surface area (Å²) < 4.78 is 34.1. The molecule has 0 aliphatic carbocycles. The fourth-order valence-electron chi connectivity index (χ4n) is 4.31. The van der Waals surface area contributed by atoms with Crippen molar-refractivity contribution < 1.29 is 37.3 Å². The standard InChI is InChI=1S/C31H64NO7P/c1-6-8-10-12-14-15-16-17-18-19-21-23-26-36-28-30(39-31(33)24-22-20-13-11-9-7-2)29-38-40(34,35)37-27-25-32(3,4)5/h30H,6-29H2,1-5H3. The Morgan fingerprint density at radius 2 is 1.15 bits per heavy atom. The minimum atomic E-state index is -4.49. The molecule has 0 aliphatic rings. The quantitative estimate of drug-likeness (QED) is 0.0367. The van der Waals surface area contributed by atoms with Gasteiger partial charge in [-0.3, -0.25) is 9.36 Å². The third-order valence-electron chi connectivity index (χ3n) is 6.91. The smallest absolute Gasteiger partial charge is 0.306 e. The van der Waals surface area contributed by atoms with Gasteiger partial charge >= 0.3 is 5.97 Å². The Morgan fingerprint density at radius 1 is 0.675 bits per heavy atom. The molecule has 0 aromatic carbocycles. The Morgan fingerprint density at radius 3 is 1.65 bits per heavy atom. The third kappa shape index (κ3) is 29.0. The highest BCUT2D eigenvalue weighted by molar-refractivity contribution is 7.45. The molecular weight excluding hydrogens is 529 g/mol. The molecule has 8 nitrogen and oxygen atoms in total. The molecule has 0 bridgehead atoms. The molecule has 0 heterocycles. The molecule has 0 saturated heterocycles. The molecule has 0 aromatic rings. The fourth-order valence-corrected chi connectivity index (χ4v) is 5.04. The molecule has 2 unspecified atom stereocenters. The van der Waals surface area contributed by atoms with Crippen molar-refractivity contribution in [3.05, 3.63) is 0 Å². The number of phosphoric ester groups is 1. The number of unbranched alkanes of at least 4 members (excludes halogenated alkanes) is 16. The molecule has 0 aromatic heterocycles. The third-order valence-corrected chi connectivity index (χ3v) is 7.87. The highest BCUT2D eigenvalue weighted by Crippen LogP contribution is 2.38. The Labute approximate surface area is 247 Å². The zero-order chi connectivity index (χ0) is 30.0. The van der Waals surface area contributed by atoms with Crippen LogP contribution in [0, 0.1) is 0 Å². The zero-order valence-corrected chi connectivity index (χ0v) is 27.7. The van der Waals surface area contributed by atoms with Crippen LogP contribution in [-0.2, 0) is 27.9 Å². The van der Waals surface area contributed by atoms with Gasteiger partial charge in [-0.25, -0.2) is 0 Å². The lowest BCUT2D eigenvalue weighted by molar-refractivity contribution is -0.870. The van der Waals surface area contributed by atoms with Crippen LogP contribution < -0.4 is 4.89 Å². The number of hydrogen-bond acceptors (Lipinski definition) is 7. The average molecular weight is 594 g/mol. The Hall–Kier alpha value is -0.500. The van der Waals surface area contributed by atoms with Crippen LogP contribution in [0.4, 0.5) is 0 Å². The van der Waals surface area contributed by atoms with Gasteiger partial charge in [0.25, 0.3) is 7.82 Å². The number of esters is 1. The van der Waals surface area contributed by atoms with Crippen LogP contribution in [-0.4, -0.2) is 70.7 Å². The fraction of sp³-hybridized carbons (Fsp3) is 0.968. The van der Waals surface area contributed by atoms with Crippen LogP contribution in [0.15, 0.2) is 0 Å². The molecule has 0 spiro atoms. The van der Waals surface area contributed by atoms with Gasteiger partial charge in [-0.1, -0.05) is 117 Å². The van der Waals surface area contributed by atoms with Gasteiger partial charge < -0.3 is 27.9 Å². The number of hydrogen-bond donors (Lipinski definition) is 0. The highest BCUT2D eigenvalue weighted by Gasteiger charge is 2.20. The summed E-state index contributed by atoms with van der Waals surface area (Å²) >= 11 is 0. The monoisotopic (exact) mass is 593 g/mol. The van der Waals surface area contributed by atoms with Crippen molar-refractivity contribution in [2.24, 2.45) is 0 Å². The van der Waals surface area contributed by atoms with Crippen molar-refractivity contribution >= 4 is 13.8 Å². The number of quaternary nitrogens is 1. The van der Waals surface area contributed by atoms with E-state index < -0.39 is 13.9 Å². The van der Waals surface area contributed by atoms with Crippen molar-refractivity contribution in [2.75, 3.05) is 54.1 Å². The van der Waals surface area contributed by atoms with Gasteiger partial charge in [0.2, 0.25) is 0 Å². The molecule has 0 radical (unpaired) electrons. The summed E-state index contributed by atoms with van der Waals surface area (Å²) in [5.41, 5.74) is 0. The summed E-state index contributed by atoms with van der Waals surface area (Å²) in [4.78, 5) is 24.6. The van der Waals surface area contributed by atoms with E-state index in [4.69, 9.17) is 18.5 Å². The van der Waals surface area contributed by atoms with Gasteiger partial charge in [0, 0.05) is 13.0 Å². The van der Waals surface area contributed by atoms with E-state index >= 15 is 0 Å². The Kier molecular flexibility index (Phi) is 25.8. The lowest BCUT2D eigenvalue weighted by Crippen LogP contribution is -2.37. The molecule has 0 N–H and O–H groups in total. The zero-order valence-electron chi connectivity index (χ0n) is 26.8. The SMILES string of the molecule is CCCCCCCCCCCCCCOCC(COP(=O)([O-])OCC[N+](C)(C)C)OC(=O)CCCCCCCC. The van der Waals surface area contributed by atoms with E-state index in [0.717, 1.165) is 32.1 Å². The van der Waals surface area contributed by atoms with E-state index in [9.17, 15) is 14.3 Å². The van der Waals surface area contributed by atoms with Crippen LogP contribution >= 0.6 is 7.82 Å². The number of carbonyl (C=O) groups is 1. The molecule has 0 aliphatic heterocycles. The molecule has 40 heavy (non-hydrogen) atoms. The lowest BCUT2D eigenvalue weighted by Gasteiger charge is -2.28. The van der Waals surface area contributed by atoms with Crippen LogP contribution in [0.1, 0.15) is 136 Å². The van der Waals surface area contributed by atoms with E-state index in [0.29, 0.717) is 24.1 Å². The average Bonchev–Trinajstić information content (AvgIpc) is 2.88. The largest absolute Gasteiger partial charge is 0.756 e. The van der Waals surface area contributed by atoms with Crippen LogP contribution in [0.5, 0.6) is 0 Å². The molecule has 0 saturated carbocycles. The highest BCUT2D eigenvalue weighted by atomic mass is 31.2. The van der Waals surface area contributed by atoms with Crippen LogP contribution in [0.25, 0.3) is 0 Å². The first-order valence-corrected chi connectivity index (χ1v) is 17.7. The number of likely N-dealkylation sites (N-methyl/N-ethyl adjacent to an activating group) is 1. The first kappa shape index (κ1) is 39.5. The van der Waals surface area contributed by atoms with Gasteiger partial charge in [-0.15, -0.1) is 0 Å². The summed E-state index contributed by atoms with van der Waals surface area (Å²) in [7, 11) is 1.36. The normalized spacial score (nSPS) is 14.2. The van der Waals surface area contributed by atoms with E-state index in [1.54, 1.807) is 0 Å². The minimum absolute atomic E-state index is 0.0300. The molecule has 240 valence electrons. The Bertz CT molecular complexity index is 627. The van der Waals surface area contributed by atoms with E-state index in [2.05, 4.69) is 13.8 Å². The Balaban J connectivity index is 4.28. The number of carbonyl (C=O) groups excluding carboxylic acids is 1. The maximum Gasteiger partial charge on any atom is 0.306 e. The van der Waals surface area contributed by atoms with Crippen molar-refractivity contribution in [1.82, 2.24) is 0 Å². The molecule has 0 amide bonds. The van der Waals surface area contributed by atoms with Crippen LogP contribution in [0.3, 0.4) is 0 Å². The van der Waals surface area contributed by atoms with Gasteiger partial charge in [0.15, 0.2) is 0 Å². The molecule has 0 rings (SSSR count). The van der Waals surface area contributed by atoms with E-state index in [1.165, 1.54) is 83.5 Å². The number of ether oxygens (including phenoxy) is 2. The predicted octanol–water partition coefficient (Wildman–Crippen LogP) is 7.57. The van der Waals surface area contributed by atoms with E-state index in [-0.39, 0.29) is 25.8 Å². The second kappa shape index (κ2) is 26.2. The summed E-state index contributed by atoms with van der Waals surface area (Å²) in [6.07, 6.45) is 21.2. The summed E-state index contributed by atoms with van der Waals surface area (Å²) in [6.45, 7) is 5.35. The number of nitrogens with zero attached hydrogens (tertiary/aromatic N) is 1. The molecule has 2 atom stereocenters. The van der Waals surface area contributed by atoms with E-state index in [1.807, 2.05) is 21.1 Å². The van der Waals surface area contributed by atoms with Crippen molar-refractivity contribution in [2.45, 2.75) is 142 Å². The topological polar surface area (TPSA) is 94.1 Å². The van der Waals surface area contributed by atoms with Gasteiger partial charge in [-0.2, -0.15) is 0 Å². The predicted molar refractivity (Wildman–Crippen MR) is 162 cm³/mol. The van der Waals surface area contributed by atoms with Crippen molar-refractivity contribution in [3.63, 3.8) is 0 Å². The summed E-state index contributed by atoms with van der Waals surface area (Å²) in [5.74, 6) is -0.343. The van der Waals surface area contributed by atoms with Crippen LogP contribution in [0.2, 0.25) is 0 Å². The second-order valence-corrected chi connectivity index (χ2v) is 13.6. The summed E-state index contributed by atoms with van der Waals surface area (Å²) in [5, 5.41) is 0. The minimum Gasteiger partial charge on any atom is -0.756 e. The molecule has 0 fully saturated rings. The van der Waals surface area contributed by atoms with Gasteiger partial charge in [-0.05, 0) is 12.8 Å². The number of rotatable bonds is 30.